The van der Waals surface area contributed by atoms with Crippen molar-refractivity contribution in [3.63, 3.8) is 0 Å². The highest BCUT2D eigenvalue weighted by Crippen LogP contribution is 2.29. The number of rotatable bonds is 4. The van der Waals surface area contributed by atoms with Crippen LogP contribution in [0.1, 0.15) is 44.9 Å². The van der Waals surface area contributed by atoms with E-state index in [-0.39, 0.29) is 12.6 Å². The second-order valence-corrected chi connectivity index (χ2v) is 6.97. The fraction of sp³-hybridized carbons (Fsp3) is 0.938. The molecule has 1 atom stereocenters. The first-order valence-corrected chi connectivity index (χ1v) is 8.67. The quantitative estimate of drug-likeness (QED) is 0.825. The lowest BCUT2D eigenvalue weighted by Crippen LogP contribution is -2.56. The number of carbonyl (C=O) groups is 1. The fourth-order valence-electron chi connectivity index (χ4n) is 4.14. The van der Waals surface area contributed by atoms with Crippen LogP contribution in [0.15, 0.2) is 0 Å². The molecule has 2 saturated heterocycles. The summed E-state index contributed by atoms with van der Waals surface area (Å²) in [6, 6.07) is 1.34. The Balaban J connectivity index is 1.42. The van der Waals surface area contributed by atoms with Crippen LogP contribution in [0.25, 0.3) is 0 Å². The van der Waals surface area contributed by atoms with Crippen molar-refractivity contribution in [1.29, 1.82) is 0 Å². The average molecular weight is 295 g/mol. The Kier molecular flexibility index (Phi) is 5.01. The molecule has 0 aromatic rings. The van der Waals surface area contributed by atoms with Gasteiger partial charge in [-0.15, -0.1) is 0 Å². The highest BCUT2D eigenvalue weighted by atomic mass is 16.3. The highest BCUT2D eigenvalue weighted by Gasteiger charge is 2.33. The minimum atomic E-state index is 0.0511. The van der Waals surface area contributed by atoms with Gasteiger partial charge in [-0.25, -0.2) is 4.79 Å². The van der Waals surface area contributed by atoms with Crippen LogP contribution < -0.4 is 5.32 Å². The van der Waals surface area contributed by atoms with Crippen LogP contribution in [-0.2, 0) is 0 Å². The van der Waals surface area contributed by atoms with Crippen molar-refractivity contribution in [3.8, 4) is 0 Å². The second kappa shape index (κ2) is 6.97. The van der Waals surface area contributed by atoms with E-state index in [4.69, 9.17) is 5.11 Å². The van der Waals surface area contributed by atoms with E-state index in [1.165, 1.54) is 51.5 Å². The molecule has 2 amide bonds. The topological polar surface area (TPSA) is 55.8 Å². The van der Waals surface area contributed by atoms with Gasteiger partial charge in [-0.3, -0.25) is 4.90 Å². The number of hydrogen-bond acceptors (Lipinski definition) is 3. The van der Waals surface area contributed by atoms with Gasteiger partial charge in [0.1, 0.15) is 0 Å². The Labute approximate surface area is 127 Å². The molecule has 0 unspecified atom stereocenters. The van der Waals surface area contributed by atoms with Gasteiger partial charge < -0.3 is 15.3 Å². The van der Waals surface area contributed by atoms with Gasteiger partial charge in [-0.05, 0) is 32.2 Å². The highest BCUT2D eigenvalue weighted by molar-refractivity contribution is 5.75. The molecule has 3 aliphatic rings. The molecule has 0 bridgehead atoms. The Bertz CT molecular complexity index is 351. The third-order valence-corrected chi connectivity index (χ3v) is 5.46. The van der Waals surface area contributed by atoms with E-state index < -0.39 is 0 Å². The summed E-state index contributed by atoms with van der Waals surface area (Å²) in [7, 11) is 0. The number of hydrogen-bond donors (Lipinski definition) is 2. The van der Waals surface area contributed by atoms with Gasteiger partial charge in [0.25, 0.3) is 0 Å². The number of amides is 2. The monoisotopic (exact) mass is 295 g/mol. The van der Waals surface area contributed by atoms with Crippen molar-refractivity contribution >= 4 is 6.03 Å². The lowest BCUT2D eigenvalue weighted by Gasteiger charge is -2.39. The fourth-order valence-corrected chi connectivity index (χ4v) is 4.14. The molecular weight excluding hydrogens is 266 g/mol. The number of aliphatic hydroxyl groups excluding tert-OH is 1. The Morgan fingerprint density at radius 3 is 2.57 bits per heavy atom. The van der Waals surface area contributed by atoms with Crippen LogP contribution in [0.3, 0.4) is 0 Å². The van der Waals surface area contributed by atoms with Crippen molar-refractivity contribution in [3.05, 3.63) is 0 Å². The van der Waals surface area contributed by atoms with Crippen LogP contribution in [0.2, 0.25) is 0 Å². The van der Waals surface area contributed by atoms with Crippen molar-refractivity contribution in [2.45, 2.75) is 57.0 Å². The zero-order valence-corrected chi connectivity index (χ0v) is 13.0. The van der Waals surface area contributed by atoms with Crippen molar-refractivity contribution in [2.75, 3.05) is 32.8 Å². The predicted octanol–water partition coefficient (Wildman–Crippen LogP) is 1.42. The molecule has 120 valence electrons. The zero-order chi connectivity index (χ0) is 14.7. The number of likely N-dealkylation sites (tertiary alicyclic amines) is 2. The molecule has 0 radical (unpaired) electrons. The standard InChI is InChI=1S/C16H29N3O2/c20-12-13-10-18(11-13)16(21)17-9-15-7-4-8-19(15)14-5-2-1-3-6-14/h13-15,20H,1-12H2,(H,17,21)/t15-/m1/s1. The molecule has 21 heavy (non-hydrogen) atoms. The summed E-state index contributed by atoms with van der Waals surface area (Å²) in [5.74, 6) is 0.293. The van der Waals surface area contributed by atoms with Gasteiger partial charge in [-0.2, -0.15) is 0 Å². The molecule has 1 saturated carbocycles. The maximum absolute atomic E-state index is 12.0. The number of carbonyl (C=O) groups excluding carboxylic acids is 1. The van der Waals surface area contributed by atoms with Crippen LogP contribution in [0, 0.1) is 5.92 Å². The molecular formula is C16H29N3O2. The van der Waals surface area contributed by atoms with Gasteiger partial charge >= 0.3 is 6.03 Å². The van der Waals surface area contributed by atoms with Gasteiger partial charge in [0.05, 0.1) is 0 Å². The maximum Gasteiger partial charge on any atom is 0.317 e. The number of aliphatic hydroxyl groups is 1. The van der Waals surface area contributed by atoms with Crippen molar-refractivity contribution in [2.24, 2.45) is 5.92 Å². The smallest absolute Gasteiger partial charge is 0.317 e. The van der Waals surface area contributed by atoms with Crippen LogP contribution in [-0.4, -0.2) is 65.8 Å². The largest absolute Gasteiger partial charge is 0.396 e. The first kappa shape index (κ1) is 15.1. The van der Waals surface area contributed by atoms with Gasteiger partial charge in [0, 0.05) is 44.2 Å². The summed E-state index contributed by atoms with van der Waals surface area (Å²) >= 11 is 0. The normalized spacial score (nSPS) is 28.6. The summed E-state index contributed by atoms with van der Waals surface area (Å²) < 4.78 is 0. The molecule has 2 heterocycles. The van der Waals surface area contributed by atoms with E-state index in [1.807, 2.05) is 0 Å². The molecule has 5 nitrogen and oxygen atoms in total. The van der Waals surface area contributed by atoms with Gasteiger partial charge in [0.2, 0.25) is 0 Å². The summed E-state index contributed by atoms with van der Waals surface area (Å²) in [6.07, 6.45) is 9.31. The van der Waals surface area contributed by atoms with Gasteiger partial charge in [0.15, 0.2) is 0 Å². The zero-order valence-electron chi connectivity index (χ0n) is 13.0. The summed E-state index contributed by atoms with van der Waals surface area (Å²) in [5.41, 5.74) is 0. The molecule has 0 spiro atoms. The Hall–Kier alpha value is -0.810. The van der Waals surface area contributed by atoms with Crippen molar-refractivity contribution in [1.82, 2.24) is 15.1 Å². The lowest BCUT2D eigenvalue weighted by molar-refractivity contribution is 0.0755. The summed E-state index contributed by atoms with van der Waals surface area (Å²) in [5, 5.41) is 12.1. The van der Waals surface area contributed by atoms with Crippen LogP contribution in [0.5, 0.6) is 0 Å². The summed E-state index contributed by atoms with van der Waals surface area (Å²) in [4.78, 5) is 16.5. The lowest BCUT2D eigenvalue weighted by atomic mass is 9.94. The molecule has 5 heteroatoms. The third kappa shape index (κ3) is 3.51. The Morgan fingerprint density at radius 2 is 1.86 bits per heavy atom. The van der Waals surface area contributed by atoms with E-state index in [0.29, 0.717) is 25.0 Å². The minimum Gasteiger partial charge on any atom is -0.396 e. The average Bonchev–Trinajstić information content (AvgIpc) is 2.93. The molecule has 3 fully saturated rings. The molecule has 3 rings (SSSR count). The molecule has 0 aromatic heterocycles. The predicted molar refractivity (Wildman–Crippen MR) is 82.1 cm³/mol. The Morgan fingerprint density at radius 1 is 1.10 bits per heavy atom. The van der Waals surface area contributed by atoms with E-state index in [0.717, 1.165) is 12.6 Å². The van der Waals surface area contributed by atoms with E-state index in [2.05, 4.69) is 10.2 Å². The molecule has 0 aromatic carbocycles. The first-order chi connectivity index (χ1) is 10.3. The van der Waals surface area contributed by atoms with Crippen LogP contribution >= 0.6 is 0 Å². The van der Waals surface area contributed by atoms with Gasteiger partial charge in [-0.1, -0.05) is 19.3 Å². The molecule has 2 N–H and O–H groups in total. The third-order valence-electron chi connectivity index (χ3n) is 5.46. The second-order valence-electron chi connectivity index (χ2n) is 6.97. The first-order valence-electron chi connectivity index (χ1n) is 8.67. The molecule has 1 aliphatic carbocycles. The van der Waals surface area contributed by atoms with E-state index in [1.54, 1.807) is 4.90 Å². The number of urea groups is 1. The van der Waals surface area contributed by atoms with Crippen molar-refractivity contribution < 1.29 is 9.90 Å². The molecule has 2 aliphatic heterocycles. The summed E-state index contributed by atoms with van der Waals surface area (Å²) in [6.45, 7) is 3.61. The number of nitrogens with zero attached hydrogens (tertiary/aromatic N) is 2. The van der Waals surface area contributed by atoms with E-state index in [9.17, 15) is 4.79 Å². The SMILES string of the molecule is O=C(NC[C@H]1CCCN1C1CCCCC1)N1CC(CO)C1. The van der Waals surface area contributed by atoms with E-state index >= 15 is 0 Å². The number of nitrogens with one attached hydrogen (secondary N) is 1. The minimum absolute atomic E-state index is 0.0511. The van der Waals surface area contributed by atoms with Crippen LogP contribution in [0.4, 0.5) is 4.79 Å². The maximum atomic E-state index is 12.0.